The lowest BCUT2D eigenvalue weighted by Gasteiger charge is -2.07. The van der Waals surface area contributed by atoms with Crippen LogP contribution in [0, 0.1) is 20.2 Å². The van der Waals surface area contributed by atoms with E-state index >= 15 is 0 Å². The quantitative estimate of drug-likeness (QED) is 0.385. The summed E-state index contributed by atoms with van der Waals surface area (Å²) in [7, 11) is 0. The highest BCUT2D eigenvalue weighted by molar-refractivity contribution is 5.98. The highest BCUT2D eigenvalue weighted by Crippen LogP contribution is 2.18. The molecule has 2 N–H and O–H groups in total. The number of amides is 2. The average Bonchev–Trinajstić information content (AvgIpc) is 2.70. The van der Waals surface area contributed by atoms with Crippen molar-refractivity contribution >= 4 is 23.2 Å². The van der Waals surface area contributed by atoms with Gasteiger partial charge in [0.05, 0.1) is 9.85 Å². The Bertz CT molecular complexity index is 826. The zero-order chi connectivity index (χ0) is 20.5. The van der Waals surface area contributed by atoms with Crippen LogP contribution in [0.15, 0.2) is 48.5 Å². The van der Waals surface area contributed by atoms with Gasteiger partial charge < -0.3 is 10.6 Å². The van der Waals surface area contributed by atoms with Crippen LogP contribution in [0.2, 0.25) is 0 Å². The maximum Gasteiger partial charge on any atom is 0.282 e. The van der Waals surface area contributed by atoms with Crippen molar-refractivity contribution in [3.8, 4) is 0 Å². The van der Waals surface area contributed by atoms with Crippen LogP contribution in [0.5, 0.6) is 0 Å². The lowest BCUT2D eigenvalue weighted by atomic mass is 10.1. The zero-order valence-corrected chi connectivity index (χ0v) is 14.8. The fraction of sp³-hybridized carbons (Fsp3) is 0.222. The lowest BCUT2D eigenvalue weighted by Crippen LogP contribution is -2.28. The van der Waals surface area contributed by atoms with Gasteiger partial charge in [-0.3, -0.25) is 29.8 Å². The molecule has 2 aromatic rings. The van der Waals surface area contributed by atoms with Crippen LogP contribution >= 0.6 is 0 Å². The van der Waals surface area contributed by atoms with Gasteiger partial charge in [-0.1, -0.05) is 24.3 Å². The number of nitro groups is 2. The molecule has 2 rings (SSSR count). The molecule has 28 heavy (non-hydrogen) atoms. The predicted octanol–water partition coefficient (Wildman–Crippen LogP) is 2.44. The van der Waals surface area contributed by atoms with Gasteiger partial charge in [0.2, 0.25) is 0 Å². The molecule has 0 aliphatic rings. The number of nitrogens with one attached hydrogen (secondary N) is 2. The Labute approximate surface area is 159 Å². The minimum atomic E-state index is -0.618. The summed E-state index contributed by atoms with van der Waals surface area (Å²) in [6, 6.07) is 11.3. The topological polar surface area (TPSA) is 144 Å². The van der Waals surface area contributed by atoms with Crippen molar-refractivity contribution in [1.29, 1.82) is 0 Å². The number of benzene rings is 2. The van der Waals surface area contributed by atoms with Crippen LogP contribution in [0.25, 0.3) is 0 Å². The maximum atomic E-state index is 12.0. The van der Waals surface area contributed by atoms with Gasteiger partial charge in [-0.05, 0) is 25.0 Å². The largest absolute Gasteiger partial charge is 0.352 e. The third-order valence-electron chi connectivity index (χ3n) is 3.87. The molecule has 0 unspecified atom stereocenters. The molecule has 0 saturated carbocycles. The minimum absolute atomic E-state index is 0.0165. The minimum Gasteiger partial charge on any atom is -0.352 e. The van der Waals surface area contributed by atoms with Gasteiger partial charge >= 0.3 is 0 Å². The Morgan fingerprint density at radius 1 is 0.714 bits per heavy atom. The number of unbranched alkanes of at least 4 members (excludes halogenated alkanes) is 1. The second-order valence-corrected chi connectivity index (χ2v) is 5.77. The maximum absolute atomic E-state index is 12.0. The van der Waals surface area contributed by atoms with E-state index in [2.05, 4.69) is 10.6 Å². The summed E-state index contributed by atoms with van der Waals surface area (Å²) in [5.41, 5.74) is -0.567. The first kappa shape index (κ1) is 20.5. The third-order valence-corrected chi connectivity index (χ3v) is 3.87. The third kappa shape index (κ3) is 5.34. The molecule has 0 fully saturated rings. The summed E-state index contributed by atoms with van der Waals surface area (Å²) in [5.74, 6) is -1.09. The molecular formula is C18H18N4O6. The molecule has 0 bridgehead atoms. The van der Waals surface area contributed by atoms with Crippen molar-refractivity contribution < 1.29 is 19.4 Å². The highest BCUT2D eigenvalue weighted by atomic mass is 16.6. The molecule has 0 spiro atoms. The van der Waals surface area contributed by atoms with Gasteiger partial charge in [-0.15, -0.1) is 0 Å². The molecule has 0 saturated heterocycles. The SMILES string of the molecule is O=C(NCCCCNC(=O)c1ccccc1[N+](=O)[O-])c1ccccc1[N+](=O)[O-]. The number of nitrogens with zero attached hydrogens (tertiary/aromatic N) is 2. The first-order valence-electron chi connectivity index (χ1n) is 8.45. The van der Waals surface area contributed by atoms with Crippen LogP contribution in [0.1, 0.15) is 33.6 Å². The van der Waals surface area contributed by atoms with Crippen molar-refractivity contribution in [3.05, 3.63) is 79.9 Å². The van der Waals surface area contributed by atoms with E-state index in [0.717, 1.165) is 0 Å². The van der Waals surface area contributed by atoms with E-state index in [1.165, 1.54) is 36.4 Å². The first-order chi connectivity index (χ1) is 13.4. The predicted molar refractivity (Wildman–Crippen MR) is 100 cm³/mol. The van der Waals surface area contributed by atoms with Crippen LogP contribution < -0.4 is 10.6 Å². The summed E-state index contributed by atoms with van der Waals surface area (Å²) >= 11 is 0. The van der Waals surface area contributed by atoms with E-state index in [4.69, 9.17) is 0 Å². The average molecular weight is 386 g/mol. The Morgan fingerprint density at radius 2 is 1.07 bits per heavy atom. The Balaban J connectivity index is 1.76. The number of carbonyl (C=O) groups excluding carboxylic acids is 2. The van der Waals surface area contributed by atoms with Gasteiger partial charge in [0.15, 0.2) is 0 Å². The van der Waals surface area contributed by atoms with Crippen LogP contribution in [-0.2, 0) is 0 Å². The van der Waals surface area contributed by atoms with Crippen molar-refractivity contribution in [2.24, 2.45) is 0 Å². The fourth-order valence-electron chi connectivity index (χ4n) is 2.49. The second kappa shape index (κ2) is 9.76. The van der Waals surface area contributed by atoms with Crippen molar-refractivity contribution in [2.45, 2.75) is 12.8 Å². The van der Waals surface area contributed by atoms with Crippen LogP contribution in [0.3, 0.4) is 0 Å². The normalized spacial score (nSPS) is 10.1. The molecule has 10 heteroatoms. The molecule has 0 aliphatic carbocycles. The van der Waals surface area contributed by atoms with E-state index < -0.39 is 21.7 Å². The van der Waals surface area contributed by atoms with E-state index in [1.54, 1.807) is 12.1 Å². The molecule has 2 aromatic carbocycles. The number of rotatable bonds is 9. The van der Waals surface area contributed by atoms with Gasteiger partial charge in [-0.25, -0.2) is 0 Å². The summed E-state index contributed by atoms with van der Waals surface area (Å²) in [5, 5.41) is 27.0. The second-order valence-electron chi connectivity index (χ2n) is 5.77. The molecule has 10 nitrogen and oxygen atoms in total. The number of carbonyl (C=O) groups is 2. The molecule has 146 valence electrons. The van der Waals surface area contributed by atoms with E-state index in [1.807, 2.05) is 0 Å². The van der Waals surface area contributed by atoms with Crippen molar-refractivity contribution in [3.63, 3.8) is 0 Å². The number of para-hydroxylation sites is 2. The highest BCUT2D eigenvalue weighted by Gasteiger charge is 2.19. The molecule has 2 amide bonds. The molecular weight excluding hydrogens is 368 g/mol. The molecule has 0 aliphatic heterocycles. The van der Waals surface area contributed by atoms with Gasteiger partial charge in [-0.2, -0.15) is 0 Å². The zero-order valence-electron chi connectivity index (χ0n) is 14.8. The van der Waals surface area contributed by atoms with E-state index in [0.29, 0.717) is 12.8 Å². The molecule has 0 radical (unpaired) electrons. The van der Waals surface area contributed by atoms with E-state index in [-0.39, 0.29) is 35.6 Å². The first-order valence-corrected chi connectivity index (χ1v) is 8.45. The molecule has 0 aromatic heterocycles. The van der Waals surface area contributed by atoms with Gasteiger partial charge in [0, 0.05) is 25.2 Å². The van der Waals surface area contributed by atoms with Gasteiger partial charge in [0.25, 0.3) is 23.2 Å². The molecule has 0 atom stereocenters. The van der Waals surface area contributed by atoms with Crippen molar-refractivity contribution in [1.82, 2.24) is 10.6 Å². The smallest absolute Gasteiger partial charge is 0.282 e. The fourth-order valence-corrected chi connectivity index (χ4v) is 2.49. The van der Waals surface area contributed by atoms with Gasteiger partial charge in [0.1, 0.15) is 11.1 Å². The standard InChI is InChI=1S/C18H18N4O6/c23-17(13-7-1-3-9-15(13)21(25)26)19-11-5-6-12-20-18(24)14-8-2-4-10-16(14)22(27)28/h1-4,7-10H,5-6,11-12H2,(H,19,23)(H,20,24). The van der Waals surface area contributed by atoms with Crippen molar-refractivity contribution in [2.75, 3.05) is 13.1 Å². The summed E-state index contributed by atoms with van der Waals surface area (Å²) in [4.78, 5) is 44.7. The summed E-state index contributed by atoms with van der Waals surface area (Å²) in [6.07, 6.45) is 1.03. The summed E-state index contributed by atoms with van der Waals surface area (Å²) in [6.45, 7) is 0.540. The monoisotopic (exact) mass is 386 g/mol. The molecule has 0 heterocycles. The summed E-state index contributed by atoms with van der Waals surface area (Å²) < 4.78 is 0. The Morgan fingerprint density at radius 3 is 1.43 bits per heavy atom. The number of hydrogen-bond donors (Lipinski definition) is 2. The van der Waals surface area contributed by atoms with Crippen LogP contribution in [-0.4, -0.2) is 34.8 Å². The number of hydrogen-bond acceptors (Lipinski definition) is 6. The Kier molecular flexibility index (Phi) is 7.14. The lowest BCUT2D eigenvalue weighted by molar-refractivity contribution is -0.385. The number of nitro benzene ring substituents is 2. The van der Waals surface area contributed by atoms with E-state index in [9.17, 15) is 29.8 Å². The Hall–Kier alpha value is -3.82. The van der Waals surface area contributed by atoms with Crippen LogP contribution in [0.4, 0.5) is 11.4 Å².